The maximum Gasteiger partial charge on any atom is 0.0338 e. The molecule has 1 aromatic carbocycles. The maximum atomic E-state index is 3.92. The molecule has 0 radical (unpaired) electrons. The molecule has 0 amide bonds. The average molecular weight is 284 g/mol. The molecule has 2 aliphatic carbocycles. The molecule has 1 unspecified atom stereocenters. The normalized spacial score (nSPS) is 29.6. The molecular weight excluding hydrogens is 256 g/mol. The minimum Gasteiger partial charge on any atom is -0.311 e. The highest BCUT2D eigenvalue weighted by atomic mass is 15.3. The second kappa shape index (κ2) is 5.73. The van der Waals surface area contributed by atoms with Crippen LogP contribution in [-0.4, -0.2) is 29.6 Å². The summed E-state index contributed by atoms with van der Waals surface area (Å²) in [6.45, 7) is 3.63. The Balaban J connectivity index is 1.54. The summed E-state index contributed by atoms with van der Waals surface area (Å²) in [5.41, 5.74) is 1.93. The van der Waals surface area contributed by atoms with Gasteiger partial charge in [-0.05, 0) is 37.2 Å². The molecule has 0 aromatic heterocycles. The first-order valence-electron chi connectivity index (χ1n) is 8.88. The molecule has 1 N–H and O–H groups in total. The van der Waals surface area contributed by atoms with Gasteiger partial charge in [0.15, 0.2) is 0 Å². The number of rotatable bonds is 3. The van der Waals surface area contributed by atoms with Crippen LogP contribution in [0.2, 0.25) is 0 Å². The van der Waals surface area contributed by atoms with Crippen LogP contribution in [0, 0.1) is 5.92 Å². The zero-order chi connectivity index (χ0) is 14.1. The standard InChI is InChI=1S/C19H28N2/c1-3-7-16(8-4-1)13-21-14-18(17-9-10-17)20-15-19(21)11-5-2-6-12-19/h1,3-4,7-8,17-18,20H,2,5-6,9-15H2. The molecule has 1 heterocycles. The lowest BCUT2D eigenvalue weighted by Gasteiger charge is -2.52. The van der Waals surface area contributed by atoms with E-state index in [1.54, 1.807) is 0 Å². The Morgan fingerprint density at radius 3 is 2.52 bits per heavy atom. The predicted octanol–water partition coefficient (Wildman–Crippen LogP) is 3.57. The lowest BCUT2D eigenvalue weighted by molar-refractivity contribution is -0.000279. The molecule has 4 rings (SSSR count). The van der Waals surface area contributed by atoms with Crippen LogP contribution in [0.15, 0.2) is 30.3 Å². The monoisotopic (exact) mass is 284 g/mol. The van der Waals surface area contributed by atoms with Gasteiger partial charge in [0, 0.05) is 31.2 Å². The van der Waals surface area contributed by atoms with E-state index >= 15 is 0 Å². The molecule has 114 valence electrons. The predicted molar refractivity (Wildman–Crippen MR) is 87.2 cm³/mol. The van der Waals surface area contributed by atoms with Gasteiger partial charge >= 0.3 is 0 Å². The Bertz CT molecular complexity index is 460. The SMILES string of the molecule is c1ccc(CN2CC(C3CC3)NCC23CCCCC3)cc1. The zero-order valence-electron chi connectivity index (χ0n) is 13.1. The highest BCUT2D eigenvalue weighted by Crippen LogP contribution is 2.40. The molecule has 1 atom stereocenters. The van der Waals surface area contributed by atoms with E-state index in [0.717, 1.165) is 18.5 Å². The van der Waals surface area contributed by atoms with Gasteiger partial charge in [-0.25, -0.2) is 0 Å². The smallest absolute Gasteiger partial charge is 0.0338 e. The van der Waals surface area contributed by atoms with Crippen molar-refractivity contribution >= 4 is 0 Å². The molecule has 2 heteroatoms. The van der Waals surface area contributed by atoms with Crippen LogP contribution in [0.25, 0.3) is 0 Å². The van der Waals surface area contributed by atoms with Crippen LogP contribution in [0.3, 0.4) is 0 Å². The van der Waals surface area contributed by atoms with Crippen molar-refractivity contribution < 1.29 is 0 Å². The number of hydrogen-bond acceptors (Lipinski definition) is 2. The zero-order valence-corrected chi connectivity index (χ0v) is 13.1. The van der Waals surface area contributed by atoms with Gasteiger partial charge in [-0.2, -0.15) is 0 Å². The van der Waals surface area contributed by atoms with Gasteiger partial charge < -0.3 is 5.32 Å². The molecule has 1 spiro atoms. The molecule has 1 aliphatic heterocycles. The summed E-state index contributed by atoms with van der Waals surface area (Å²) < 4.78 is 0. The Labute approximate surface area is 128 Å². The van der Waals surface area contributed by atoms with Crippen LogP contribution in [0.1, 0.15) is 50.5 Å². The summed E-state index contributed by atoms with van der Waals surface area (Å²) in [7, 11) is 0. The van der Waals surface area contributed by atoms with Crippen LogP contribution in [0.4, 0.5) is 0 Å². The first kappa shape index (κ1) is 13.8. The van der Waals surface area contributed by atoms with E-state index in [4.69, 9.17) is 0 Å². The maximum absolute atomic E-state index is 3.92. The highest BCUT2D eigenvalue weighted by Gasteiger charge is 2.45. The third-order valence-electron chi connectivity index (χ3n) is 5.97. The van der Waals surface area contributed by atoms with E-state index in [2.05, 4.69) is 40.5 Å². The number of hydrogen-bond donors (Lipinski definition) is 1. The molecule has 2 saturated carbocycles. The van der Waals surface area contributed by atoms with E-state index in [-0.39, 0.29) is 0 Å². The summed E-state index contributed by atoms with van der Waals surface area (Å²) in [6, 6.07) is 11.8. The fourth-order valence-electron chi connectivity index (χ4n) is 4.48. The lowest BCUT2D eigenvalue weighted by Crippen LogP contribution is -2.65. The van der Waals surface area contributed by atoms with Gasteiger partial charge in [0.1, 0.15) is 0 Å². The average Bonchev–Trinajstić information content (AvgIpc) is 3.37. The summed E-state index contributed by atoms with van der Waals surface area (Å²) in [4.78, 5) is 2.85. The van der Waals surface area contributed by atoms with E-state index in [0.29, 0.717) is 5.54 Å². The summed E-state index contributed by atoms with van der Waals surface area (Å²) >= 11 is 0. The topological polar surface area (TPSA) is 15.3 Å². The van der Waals surface area contributed by atoms with Crippen LogP contribution in [0.5, 0.6) is 0 Å². The fraction of sp³-hybridized carbons (Fsp3) is 0.684. The Morgan fingerprint density at radius 2 is 1.81 bits per heavy atom. The largest absolute Gasteiger partial charge is 0.311 e. The van der Waals surface area contributed by atoms with E-state index < -0.39 is 0 Å². The quantitative estimate of drug-likeness (QED) is 0.913. The van der Waals surface area contributed by atoms with Crippen molar-refractivity contribution in [1.82, 2.24) is 10.2 Å². The Hall–Kier alpha value is -0.860. The van der Waals surface area contributed by atoms with Gasteiger partial charge in [0.2, 0.25) is 0 Å². The molecule has 2 nitrogen and oxygen atoms in total. The van der Waals surface area contributed by atoms with Crippen LogP contribution >= 0.6 is 0 Å². The summed E-state index contributed by atoms with van der Waals surface area (Å²) in [5, 5.41) is 3.92. The van der Waals surface area contributed by atoms with Crippen molar-refractivity contribution in [1.29, 1.82) is 0 Å². The first-order valence-corrected chi connectivity index (χ1v) is 8.88. The van der Waals surface area contributed by atoms with Gasteiger partial charge in [-0.1, -0.05) is 49.6 Å². The Morgan fingerprint density at radius 1 is 1.05 bits per heavy atom. The van der Waals surface area contributed by atoms with Crippen LogP contribution < -0.4 is 5.32 Å². The van der Waals surface area contributed by atoms with Crippen molar-refractivity contribution in [3.05, 3.63) is 35.9 Å². The van der Waals surface area contributed by atoms with Crippen LogP contribution in [-0.2, 0) is 6.54 Å². The molecule has 1 saturated heterocycles. The van der Waals surface area contributed by atoms with Crippen molar-refractivity contribution in [3.63, 3.8) is 0 Å². The summed E-state index contributed by atoms with van der Waals surface area (Å²) in [5.74, 6) is 0.962. The van der Waals surface area contributed by atoms with Crippen molar-refractivity contribution in [3.8, 4) is 0 Å². The molecule has 21 heavy (non-hydrogen) atoms. The third kappa shape index (κ3) is 2.89. The third-order valence-corrected chi connectivity index (χ3v) is 5.97. The van der Waals surface area contributed by atoms with Crippen molar-refractivity contribution in [2.24, 2.45) is 5.92 Å². The van der Waals surface area contributed by atoms with Crippen molar-refractivity contribution in [2.75, 3.05) is 13.1 Å². The first-order chi connectivity index (χ1) is 10.4. The van der Waals surface area contributed by atoms with E-state index in [1.165, 1.54) is 63.6 Å². The molecule has 1 aromatic rings. The molecule has 3 aliphatic rings. The fourth-order valence-corrected chi connectivity index (χ4v) is 4.48. The lowest BCUT2D eigenvalue weighted by atomic mass is 9.78. The molecular formula is C19H28N2. The van der Waals surface area contributed by atoms with Gasteiger partial charge in [0.25, 0.3) is 0 Å². The van der Waals surface area contributed by atoms with Crippen molar-refractivity contribution in [2.45, 2.75) is 63.1 Å². The second-order valence-electron chi connectivity index (χ2n) is 7.48. The highest BCUT2D eigenvalue weighted by molar-refractivity contribution is 5.16. The number of nitrogens with one attached hydrogen (secondary N) is 1. The molecule has 0 bridgehead atoms. The minimum atomic E-state index is 0.444. The minimum absolute atomic E-state index is 0.444. The van der Waals surface area contributed by atoms with Gasteiger partial charge in [0.05, 0.1) is 0 Å². The van der Waals surface area contributed by atoms with Gasteiger partial charge in [-0.15, -0.1) is 0 Å². The molecule has 3 fully saturated rings. The van der Waals surface area contributed by atoms with Gasteiger partial charge in [-0.3, -0.25) is 4.90 Å². The number of piperazine rings is 1. The summed E-state index contributed by atoms with van der Waals surface area (Å²) in [6.07, 6.45) is 9.96. The number of benzene rings is 1. The Kier molecular flexibility index (Phi) is 3.76. The number of nitrogens with zero attached hydrogens (tertiary/aromatic N) is 1. The second-order valence-corrected chi connectivity index (χ2v) is 7.48. The van der Waals surface area contributed by atoms with E-state index in [9.17, 15) is 0 Å². The van der Waals surface area contributed by atoms with E-state index in [1.807, 2.05) is 0 Å².